The fourth-order valence-electron chi connectivity index (χ4n) is 2.19. The van der Waals surface area contributed by atoms with Crippen LogP contribution in [-0.2, 0) is 14.8 Å². The molecule has 5 nitrogen and oxygen atoms in total. The molecule has 0 radical (unpaired) electrons. The zero-order valence-electron chi connectivity index (χ0n) is 9.39. The summed E-state index contributed by atoms with van der Waals surface area (Å²) in [5.74, 6) is 0.696. The van der Waals surface area contributed by atoms with E-state index in [2.05, 4.69) is 4.72 Å². The van der Waals surface area contributed by atoms with Crippen molar-refractivity contribution in [2.45, 2.75) is 37.8 Å². The number of sulfonamides is 1. The molecule has 0 bridgehead atoms. The highest BCUT2D eigenvalue weighted by molar-refractivity contribution is 7.89. The predicted octanol–water partition coefficient (Wildman–Crippen LogP) is -0.178. The topological polar surface area (TPSA) is 81.4 Å². The zero-order valence-corrected chi connectivity index (χ0v) is 10.2. The summed E-state index contributed by atoms with van der Waals surface area (Å²) in [7, 11) is -3.18. The van der Waals surface area contributed by atoms with Gasteiger partial charge >= 0.3 is 0 Å². The number of nitrogens with two attached hydrogens (primary N) is 1. The zero-order chi connectivity index (χ0) is 11.6. The smallest absolute Gasteiger partial charge is 0.211 e. The Bertz CT molecular complexity index is 327. The summed E-state index contributed by atoms with van der Waals surface area (Å²) in [5, 5.41) is 0. The Morgan fingerprint density at radius 2 is 2.06 bits per heavy atom. The standard InChI is InChI=1S/C10H20N2O3S/c11-5-1-7-16(13,14)12-9-4-6-15-10(9)8-2-3-8/h8-10,12H,1-7,11H2. The molecule has 1 saturated carbocycles. The summed E-state index contributed by atoms with van der Waals surface area (Å²) in [5.41, 5.74) is 5.31. The van der Waals surface area contributed by atoms with E-state index >= 15 is 0 Å². The molecule has 1 saturated heterocycles. The molecule has 2 atom stereocenters. The van der Waals surface area contributed by atoms with E-state index in [-0.39, 0.29) is 17.9 Å². The van der Waals surface area contributed by atoms with Crippen LogP contribution in [0.3, 0.4) is 0 Å². The first kappa shape index (κ1) is 12.3. The minimum Gasteiger partial charge on any atom is -0.376 e. The van der Waals surface area contributed by atoms with Gasteiger partial charge < -0.3 is 10.5 Å². The molecule has 0 aromatic heterocycles. The van der Waals surface area contributed by atoms with Crippen molar-refractivity contribution in [1.82, 2.24) is 4.72 Å². The molecule has 2 fully saturated rings. The number of nitrogens with one attached hydrogen (secondary N) is 1. The number of ether oxygens (including phenoxy) is 1. The van der Waals surface area contributed by atoms with Gasteiger partial charge in [-0.25, -0.2) is 13.1 Å². The molecule has 1 aliphatic carbocycles. The maximum Gasteiger partial charge on any atom is 0.211 e. The molecular formula is C10H20N2O3S. The first-order chi connectivity index (χ1) is 7.62. The van der Waals surface area contributed by atoms with Crippen molar-refractivity contribution in [3.05, 3.63) is 0 Å². The summed E-state index contributed by atoms with van der Waals surface area (Å²) in [6.45, 7) is 1.08. The fourth-order valence-corrected chi connectivity index (χ4v) is 3.57. The monoisotopic (exact) mass is 248 g/mol. The lowest BCUT2D eigenvalue weighted by atomic mass is 10.1. The molecule has 3 N–H and O–H groups in total. The summed E-state index contributed by atoms with van der Waals surface area (Å²) < 4.78 is 31.8. The second kappa shape index (κ2) is 5.00. The minimum absolute atomic E-state index is 0.0183. The van der Waals surface area contributed by atoms with Crippen molar-refractivity contribution in [3.63, 3.8) is 0 Å². The lowest BCUT2D eigenvalue weighted by molar-refractivity contribution is 0.0848. The van der Waals surface area contributed by atoms with Crippen molar-refractivity contribution >= 4 is 10.0 Å². The van der Waals surface area contributed by atoms with Crippen LogP contribution in [0.2, 0.25) is 0 Å². The van der Waals surface area contributed by atoms with Gasteiger partial charge in [-0.1, -0.05) is 0 Å². The molecule has 2 unspecified atom stereocenters. The molecule has 1 heterocycles. The number of hydrogen-bond donors (Lipinski definition) is 2. The molecule has 0 aromatic carbocycles. The van der Waals surface area contributed by atoms with E-state index in [1.54, 1.807) is 0 Å². The highest BCUT2D eigenvalue weighted by Crippen LogP contribution is 2.38. The first-order valence-corrected chi connectivity index (χ1v) is 7.59. The number of rotatable bonds is 6. The molecule has 94 valence electrons. The SMILES string of the molecule is NCCCS(=O)(=O)NC1CCOC1C1CC1. The first-order valence-electron chi connectivity index (χ1n) is 5.94. The van der Waals surface area contributed by atoms with E-state index in [1.807, 2.05) is 0 Å². The Kier molecular flexibility index (Phi) is 3.84. The van der Waals surface area contributed by atoms with Crippen molar-refractivity contribution in [3.8, 4) is 0 Å². The van der Waals surface area contributed by atoms with Gasteiger partial charge in [-0.15, -0.1) is 0 Å². The Morgan fingerprint density at radius 3 is 2.69 bits per heavy atom. The summed E-state index contributed by atoms with van der Waals surface area (Å²) in [6, 6.07) is -0.0183. The average Bonchev–Trinajstić information content (AvgIpc) is 2.98. The van der Waals surface area contributed by atoms with E-state index in [4.69, 9.17) is 10.5 Å². The largest absolute Gasteiger partial charge is 0.376 e. The van der Waals surface area contributed by atoms with Gasteiger partial charge in [0.15, 0.2) is 0 Å². The van der Waals surface area contributed by atoms with Gasteiger partial charge in [0, 0.05) is 6.61 Å². The van der Waals surface area contributed by atoms with Gasteiger partial charge in [0.05, 0.1) is 17.9 Å². The van der Waals surface area contributed by atoms with Crippen LogP contribution in [0.4, 0.5) is 0 Å². The minimum atomic E-state index is -3.18. The molecule has 0 spiro atoms. The molecule has 2 rings (SSSR count). The Morgan fingerprint density at radius 1 is 1.31 bits per heavy atom. The number of hydrogen-bond acceptors (Lipinski definition) is 4. The van der Waals surface area contributed by atoms with Crippen LogP contribution in [-0.4, -0.2) is 39.5 Å². The van der Waals surface area contributed by atoms with Gasteiger partial charge in [0.1, 0.15) is 0 Å². The van der Waals surface area contributed by atoms with Crippen LogP contribution in [0, 0.1) is 5.92 Å². The Hall–Kier alpha value is -0.170. The molecule has 1 aliphatic heterocycles. The van der Waals surface area contributed by atoms with Gasteiger partial charge in [0.25, 0.3) is 0 Å². The quantitative estimate of drug-likeness (QED) is 0.683. The predicted molar refractivity (Wildman–Crippen MR) is 61.5 cm³/mol. The fraction of sp³-hybridized carbons (Fsp3) is 1.00. The van der Waals surface area contributed by atoms with Crippen LogP contribution >= 0.6 is 0 Å². The maximum atomic E-state index is 11.7. The van der Waals surface area contributed by atoms with Gasteiger partial charge in [0.2, 0.25) is 10.0 Å². The summed E-state index contributed by atoms with van der Waals surface area (Å²) >= 11 is 0. The van der Waals surface area contributed by atoms with E-state index in [9.17, 15) is 8.42 Å². The summed E-state index contributed by atoms with van der Waals surface area (Å²) in [4.78, 5) is 0. The van der Waals surface area contributed by atoms with E-state index in [0.717, 1.165) is 6.42 Å². The second-order valence-corrected chi connectivity index (χ2v) is 6.52. The second-order valence-electron chi connectivity index (χ2n) is 4.65. The third-order valence-corrected chi connectivity index (χ3v) is 4.66. The Balaban J connectivity index is 1.87. The van der Waals surface area contributed by atoms with Crippen LogP contribution < -0.4 is 10.5 Å². The highest BCUT2D eigenvalue weighted by atomic mass is 32.2. The van der Waals surface area contributed by atoms with Crippen molar-refractivity contribution in [2.24, 2.45) is 11.7 Å². The van der Waals surface area contributed by atoms with Crippen LogP contribution in [0.1, 0.15) is 25.7 Å². The van der Waals surface area contributed by atoms with Crippen LogP contribution in [0.5, 0.6) is 0 Å². The summed E-state index contributed by atoms with van der Waals surface area (Å²) in [6.07, 6.45) is 3.75. The van der Waals surface area contributed by atoms with Crippen LogP contribution in [0.25, 0.3) is 0 Å². The van der Waals surface area contributed by atoms with Crippen molar-refractivity contribution in [2.75, 3.05) is 18.9 Å². The maximum absolute atomic E-state index is 11.7. The van der Waals surface area contributed by atoms with Crippen molar-refractivity contribution < 1.29 is 13.2 Å². The van der Waals surface area contributed by atoms with E-state index < -0.39 is 10.0 Å². The van der Waals surface area contributed by atoms with Crippen LogP contribution in [0.15, 0.2) is 0 Å². The lowest BCUT2D eigenvalue weighted by Gasteiger charge is -2.19. The molecule has 16 heavy (non-hydrogen) atoms. The van der Waals surface area contributed by atoms with Gasteiger partial charge in [-0.3, -0.25) is 0 Å². The normalized spacial score (nSPS) is 30.8. The van der Waals surface area contributed by atoms with Crippen molar-refractivity contribution in [1.29, 1.82) is 0 Å². The molecule has 0 amide bonds. The lowest BCUT2D eigenvalue weighted by Crippen LogP contribution is -2.42. The molecular weight excluding hydrogens is 228 g/mol. The molecule has 0 aromatic rings. The Labute approximate surface area is 96.8 Å². The molecule has 2 aliphatic rings. The molecule has 6 heteroatoms. The third kappa shape index (κ3) is 3.16. The third-order valence-electron chi connectivity index (χ3n) is 3.17. The van der Waals surface area contributed by atoms with E-state index in [1.165, 1.54) is 12.8 Å². The van der Waals surface area contributed by atoms with Gasteiger partial charge in [-0.2, -0.15) is 0 Å². The average molecular weight is 248 g/mol. The van der Waals surface area contributed by atoms with Gasteiger partial charge in [-0.05, 0) is 38.1 Å². The van der Waals surface area contributed by atoms with E-state index in [0.29, 0.717) is 25.5 Å². The highest BCUT2D eigenvalue weighted by Gasteiger charge is 2.41.